The van der Waals surface area contributed by atoms with Gasteiger partial charge in [-0.2, -0.15) is 0 Å². The number of para-hydroxylation sites is 1. The molecule has 2 heteroatoms. The number of benzene rings is 7. The fraction of sp³-hybridized carbons (Fsp3) is 0. The predicted octanol–water partition coefficient (Wildman–Crippen LogP) is 12.5. The van der Waals surface area contributed by atoms with Gasteiger partial charge in [0.15, 0.2) is 0 Å². The summed E-state index contributed by atoms with van der Waals surface area (Å²) in [6.07, 6.45) is 0. The lowest BCUT2D eigenvalue weighted by Gasteiger charge is -2.29. The van der Waals surface area contributed by atoms with Gasteiger partial charge in [-0.15, -0.1) is 11.3 Å². The van der Waals surface area contributed by atoms with E-state index in [-0.39, 0.29) is 0 Å². The normalized spacial score (nSPS) is 11.2. The van der Waals surface area contributed by atoms with Crippen molar-refractivity contribution in [2.75, 3.05) is 4.90 Å². The van der Waals surface area contributed by atoms with Crippen molar-refractivity contribution in [2.24, 2.45) is 0 Å². The minimum atomic E-state index is 1.12. The summed E-state index contributed by atoms with van der Waals surface area (Å²) < 4.78 is 2.62. The molecule has 0 spiro atoms. The Labute approximate surface area is 261 Å². The second-order valence-electron chi connectivity index (χ2n) is 11.0. The average Bonchev–Trinajstić information content (AvgIpc) is 3.48. The monoisotopic (exact) mass is 579 g/mol. The summed E-state index contributed by atoms with van der Waals surface area (Å²) in [5.41, 5.74) is 10.7. The van der Waals surface area contributed by atoms with E-state index >= 15 is 0 Å². The summed E-state index contributed by atoms with van der Waals surface area (Å²) in [7, 11) is 0. The van der Waals surface area contributed by atoms with Gasteiger partial charge in [0.05, 0.1) is 5.69 Å². The lowest BCUT2D eigenvalue weighted by Crippen LogP contribution is -2.11. The summed E-state index contributed by atoms with van der Waals surface area (Å²) in [5.74, 6) is 0. The van der Waals surface area contributed by atoms with Crippen molar-refractivity contribution in [1.82, 2.24) is 0 Å². The van der Waals surface area contributed by atoms with Gasteiger partial charge in [0.1, 0.15) is 0 Å². The number of hydrogen-bond donors (Lipinski definition) is 0. The first-order valence-corrected chi connectivity index (χ1v) is 15.8. The second kappa shape index (κ2) is 11.3. The van der Waals surface area contributed by atoms with Crippen LogP contribution in [0.1, 0.15) is 0 Å². The summed E-state index contributed by atoms with van der Waals surface area (Å²) in [6, 6.07) is 63.3. The molecule has 8 aromatic rings. The van der Waals surface area contributed by atoms with E-state index in [1.807, 2.05) is 11.3 Å². The number of thiophene rings is 1. The fourth-order valence-electron chi connectivity index (χ4n) is 6.16. The van der Waals surface area contributed by atoms with E-state index in [1.165, 1.54) is 53.6 Å². The van der Waals surface area contributed by atoms with E-state index in [0.717, 1.165) is 17.1 Å². The van der Waals surface area contributed by atoms with Crippen molar-refractivity contribution in [3.05, 3.63) is 176 Å². The first kappa shape index (κ1) is 26.2. The molecule has 8 rings (SSSR count). The Morgan fingerprint density at radius 2 is 0.909 bits per heavy atom. The van der Waals surface area contributed by atoms with Crippen LogP contribution in [-0.4, -0.2) is 0 Å². The Hall–Kier alpha value is -5.44. The van der Waals surface area contributed by atoms with Crippen molar-refractivity contribution in [3.63, 3.8) is 0 Å². The van der Waals surface area contributed by atoms with Crippen LogP contribution >= 0.6 is 11.3 Å². The van der Waals surface area contributed by atoms with Crippen LogP contribution in [0.3, 0.4) is 0 Å². The van der Waals surface area contributed by atoms with Crippen molar-refractivity contribution in [1.29, 1.82) is 0 Å². The van der Waals surface area contributed by atoms with Gasteiger partial charge in [0.2, 0.25) is 0 Å². The number of fused-ring (bicyclic) bond motifs is 3. The van der Waals surface area contributed by atoms with Gasteiger partial charge in [-0.05, 0) is 58.7 Å². The zero-order valence-corrected chi connectivity index (χ0v) is 24.9. The van der Waals surface area contributed by atoms with Gasteiger partial charge in [0, 0.05) is 42.7 Å². The van der Waals surface area contributed by atoms with E-state index in [4.69, 9.17) is 0 Å². The van der Waals surface area contributed by atoms with E-state index < -0.39 is 0 Å². The van der Waals surface area contributed by atoms with E-state index in [0.29, 0.717) is 0 Å². The Morgan fingerprint density at radius 1 is 0.364 bits per heavy atom. The third-order valence-corrected chi connectivity index (χ3v) is 9.49. The van der Waals surface area contributed by atoms with Crippen LogP contribution in [0.5, 0.6) is 0 Å². The van der Waals surface area contributed by atoms with E-state index in [9.17, 15) is 0 Å². The van der Waals surface area contributed by atoms with Crippen LogP contribution in [-0.2, 0) is 0 Å². The van der Waals surface area contributed by atoms with Crippen molar-refractivity contribution >= 4 is 48.6 Å². The third-order valence-electron chi connectivity index (χ3n) is 8.27. The fourth-order valence-corrected chi connectivity index (χ4v) is 7.38. The molecule has 1 aromatic heterocycles. The SMILES string of the molecule is c1ccc(-c2ccc(N(c3cc(-c4ccccc4)c4sc5ccccc5c4c3)c3ccccc3-c3ccccc3)cc2)cc1. The minimum absolute atomic E-state index is 1.12. The molecule has 1 nitrogen and oxygen atoms in total. The van der Waals surface area contributed by atoms with Crippen LogP contribution in [0, 0.1) is 0 Å². The van der Waals surface area contributed by atoms with E-state index in [2.05, 4.69) is 181 Å². The van der Waals surface area contributed by atoms with Gasteiger partial charge in [0.25, 0.3) is 0 Å². The number of anilines is 3. The molecule has 0 fully saturated rings. The standard InChI is InChI=1S/C42H29NS/c1-4-14-30(15-5-1)31-24-26-34(27-25-31)43(40-22-12-10-20-36(40)32-16-6-2-7-17-32)35-28-38(33-18-8-3-9-19-33)42-39(29-35)37-21-11-13-23-41(37)44-42/h1-29H. The smallest absolute Gasteiger partial charge is 0.0540 e. The summed E-state index contributed by atoms with van der Waals surface area (Å²) in [4.78, 5) is 2.43. The summed E-state index contributed by atoms with van der Waals surface area (Å²) in [6.45, 7) is 0. The highest BCUT2D eigenvalue weighted by atomic mass is 32.1. The predicted molar refractivity (Wildman–Crippen MR) is 190 cm³/mol. The van der Waals surface area contributed by atoms with Crippen molar-refractivity contribution in [3.8, 4) is 33.4 Å². The molecule has 0 unspecified atom stereocenters. The molecule has 0 saturated heterocycles. The molecule has 44 heavy (non-hydrogen) atoms. The molecular formula is C42H29NS. The first-order chi connectivity index (χ1) is 21.8. The molecule has 0 saturated carbocycles. The van der Waals surface area contributed by atoms with Crippen LogP contribution in [0.15, 0.2) is 176 Å². The van der Waals surface area contributed by atoms with Gasteiger partial charge in [-0.3, -0.25) is 0 Å². The highest BCUT2D eigenvalue weighted by molar-refractivity contribution is 7.26. The molecule has 0 amide bonds. The molecule has 0 aliphatic carbocycles. The zero-order chi connectivity index (χ0) is 29.3. The van der Waals surface area contributed by atoms with Crippen LogP contribution in [0.2, 0.25) is 0 Å². The van der Waals surface area contributed by atoms with E-state index in [1.54, 1.807) is 0 Å². The number of rotatable bonds is 6. The van der Waals surface area contributed by atoms with Gasteiger partial charge >= 0.3 is 0 Å². The molecular weight excluding hydrogens is 551 g/mol. The minimum Gasteiger partial charge on any atom is -0.310 e. The maximum absolute atomic E-state index is 2.43. The summed E-state index contributed by atoms with van der Waals surface area (Å²) in [5, 5.41) is 2.58. The lowest BCUT2D eigenvalue weighted by molar-refractivity contribution is 1.29. The molecule has 0 bridgehead atoms. The van der Waals surface area contributed by atoms with Crippen LogP contribution in [0.25, 0.3) is 53.6 Å². The maximum atomic E-state index is 2.43. The topological polar surface area (TPSA) is 3.24 Å². The van der Waals surface area contributed by atoms with Gasteiger partial charge < -0.3 is 4.90 Å². The quantitative estimate of drug-likeness (QED) is 0.189. The molecule has 0 aliphatic rings. The number of hydrogen-bond acceptors (Lipinski definition) is 2. The second-order valence-corrected chi connectivity index (χ2v) is 12.0. The van der Waals surface area contributed by atoms with Crippen LogP contribution in [0.4, 0.5) is 17.1 Å². The largest absolute Gasteiger partial charge is 0.310 e. The lowest BCUT2D eigenvalue weighted by atomic mass is 9.98. The number of nitrogens with zero attached hydrogens (tertiary/aromatic N) is 1. The molecule has 208 valence electrons. The van der Waals surface area contributed by atoms with Crippen LogP contribution < -0.4 is 4.90 Å². The maximum Gasteiger partial charge on any atom is 0.0540 e. The highest BCUT2D eigenvalue weighted by Gasteiger charge is 2.21. The van der Waals surface area contributed by atoms with Gasteiger partial charge in [-0.25, -0.2) is 0 Å². The zero-order valence-electron chi connectivity index (χ0n) is 24.1. The Balaban J connectivity index is 1.40. The van der Waals surface area contributed by atoms with Gasteiger partial charge in [-0.1, -0.05) is 140 Å². The van der Waals surface area contributed by atoms with Crippen molar-refractivity contribution in [2.45, 2.75) is 0 Å². The average molecular weight is 580 g/mol. The molecule has 0 radical (unpaired) electrons. The molecule has 0 atom stereocenters. The van der Waals surface area contributed by atoms with Crippen molar-refractivity contribution < 1.29 is 0 Å². The first-order valence-electron chi connectivity index (χ1n) is 14.9. The highest BCUT2D eigenvalue weighted by Crippen LogP contribution is 2.47. The molecule has 0 aliphatic heterocycles. The molecule has 0 N–H and O–H groups in total. The molecule has 7 aromatic carbocycles. The molecule has 1 heterocycles. The Morgan fingerprint density at radius 3 is 1.61 bits per heavy atom. The Kier molecular flexibility index (Phi) is 6.75. The summed E-state index contributed by atoms with van der Waals surface area (Å²) >= 11 is 1.88. The third kappa shape index (κ3) is 4.76. The Bertz CT molecular complexity index is 2200.